The summed E-state index contributed by atoms with van der Waals surface area (Å²) in [5.41, 5.74) is 2.11. The molecule has 0 fully saturated rings. The van der Waals surface area contributed by atoms with E-state index in [1.807, 2.05) is 26.0 Å². The molecule has 4 rings (SSSR count). The predicted octanol–water partition coefficient (Wildman–Crippen LogP) is 6.60. The zero-order valence-corrected chi connectivity index (χ0v) is 16.8. The van der Waals surface area contributed by atoms with Crippen molar-refractivity contribution in [2.45, 2.75) is 26.7 Å². The second-order valence-electron chi connectivity index (χ2n) is 7.16. The molecule has 0 atom stereocenters. The minimum atomic E-state index is -4.49. The van der Waals surface area contributed by atoms with Crippen LogP contribution in [0.1, 0.15) is 22.3 Å². The highest BCUT2D eigenvalue weighted by Crippen LogP contribution is 2.39. The maximum Gasteiger partial charge on any atom is 0.417 e. The number of aryl methyl sites for hydroxylation is 2. The second-order valence-corrected chi connectivity index (χ2v) is 7.16. The normalized spacial score (nSPS) is 11.7. The SMILES string of the molecule is Cc1cc(N(c2ccc(CF)cn2)c2ccc(C(F)(F)F)cn2)c(C)c2ccncc12. The fourth-order valence-electron chi connectivity index (χ4n) is 3.48. The van der Waals surface area contributed by atoms with E-state index in [0.29, 0.717) is 17.1 Å². The molecule has 4 nitrogen and oxygen atoms in total. The van der Waals surface area contributed by atoms with E-state index in [0.717, 1.165) is 34.2 Å². The number of alkyl halides is 4. The van der Waals surface area contributed by atoms with Gasteiger partial charge in [-0.15, -0.1) is 0 Å². The highest BCUT2D eigenvalue weighted by atomic mass is 19.4. The Hall–Kier alpha value is -3.55. The third-order valence-corrected chi connectivity index (χ3v) is 5.13. The monoisotopic (exact) mass is 426 g/mol. The van der Waals surface area contributed by atoms with Crippen LogP contribution in [0.5, 0.6) is 0 Å². The fraction of sp³-hybridized carbons (Fsp3) is 0.174. The predicted molar refractivity (Wildman–Crippen MR) is 111 cm³/mol. The van der Waals surface area contributed by atoms with Gasteiger partial charge in [-0.05, 0) is 60.7 Å². The first-order valence-electron chi connectivity index (χ1n) is 9.48. The van der Waals surface area contributed by atoms with Gasteiger partial charge in [-0.25, -0.2) is 14.4 Å². The molecule has 0 aliphatic carbocycles. The van der Waals surface area contributed by atoms with Crippen molar-refractivity contribution in [3.05, 3.63) is 83.4 Å². The molecule has 0 saturated heterocycles. The first-order valence-corrected chi connectivity index (χ1v) is 9.48. The fourth-order valence-corrected chi connectivity index (χ4v) is 3.48. The van der Waals surface area contributed by atoms with Crippen molar-refractivity contribution in [2.24, 2.45) is 0 Å². The molecule has 0 bridgehead atoms. The van der Waals surface area contributed by atoms with Gasteiger partial charge < -0.3 is 0 Å². The summed E-state index contributed by atoms with van der Waals surface area (Å²) in [4.78, 5) is 14.3. The van der Waals surface area contributed by atoms with Crippen molar-refractivity contribution < 1.29 is 17.6 Å². The number of aromatic nitrogens is 3. The van der Waals surface area contributed by atoms with Gasteiger partial charge in [0.2, 0.25) is 0 Å². The van der Waals surface area contributed by atoms with E-state index in [1.54, 1.807) is 29.4 Å². The number of pyridine rings is 3. The molecule has 3 aromatic heterocycles. The number of nitrogens with zero attached hydrogens (tertiary/aromatic N) is 4. The Morgan fingerprint density at radius 1 is 0.871 bits per heavy atom. The molecule has 0 aliphatic rings. The van der Waals surface area contributed by atoms with E-state index in [9.17, 15) is 17.6 Å². The van der Waals surface area contributed by atoms with Crippen molar-refractivity contribution in [3.8, 4) is 0 Å². The van der Waals surface area contributed by atoms with Gasteiger partial charge in [0.15, 0.2) is 0 Å². The van der Waals surface area contributed by atoms with Gasteiger partial charge in [-0.2, -0.15) is 13.2 Å². The van der Waals surface area contributed by atoms with Gasteiger partial charge >= 0.3 is 6.18 Å². The van der Waals surface area contributed by atoms with Crippen LogP contribution >= 0.6 is 0 Å². The molecule has 0 radical (unpaired) electrons. The summed E-state index contributed by atoms with van der Waals surface area (Å²) >= 11 is 0. The zero-order valence-electron chi connectivity index (χ0n) is 16.8. The molecular weight excluding hydrogens is 408 g/mol. The minimum absolute atomic E-state index is 0.268. The molecule has 0 saturated carbocycles. The standard InChI is InChI=1S/C23H18F4N4/c1-14-9-20(15(2)18-7-8-28-13-19(14)18)31(21-5-3-16(10-24)11-29-21)22-6-4-17(12-30-22)23(25,26)27/h3-9,11-13H,10H2,1-2H3. The molecule has 1 aromatic carbocycles. The largest absolute Gasteiger partial charge is 0.417 e. The van der Waals surface area contributed by atoms with Crippen LogP contribution in [0.4, 0.5) is 34.9 Å². The van der Waals surface area contributed by atoms with Crippen molar-refractivity contribution in [2.75, 3.05) is 4.90 Å². The second kappa shape index (κ2) is 7.94. The van der Waals surface area contributed by atoms with Crippen LogP contribution in [0.25, 0.3) is 10.8 Å². The molecule has 0 amide bonds. The van der Waals surface area contributed by atoms with E-state index in [-0.39, 0.29) is 5.82 Å². The summed E-state index contributed by atoms with van der Waals surface area (Å²) in [6.45, 7) is 3.20. The highest BCUT2D eigenvalue weighted by Gasteiger charge is 2.31. The topological polar surface area (TPSA) is 41.9 Å². The number of hydrogen-bond acceptors (Lipinski definition) is 4. The van der Waals surface area contributed by atoms with E-state index >= 15 is 0 Å². The maximum atomic E-state index is 13.0. The van der Waals surface area contributed by atoms with Crippen molar-refractivity contribution in [1.29, 1.82) is 0 Å². The molecule has 0 N–H and O–H groups in total. The lowest BCUT2D eigenvalue weighted by atomic mass is 10.00. The number of benzene rings is 1. The van der Waals surface area contributed by atoms with Crippen molar-refractivity contribution in [1.82, 2.24) is 15.0 Å². The number of fused-ring (bicyclic) bond motifs is 1. The summed E-state index contributed by atoms with van der Waals surface area (Å²) in [6.07, 6.45) is 1.18. The van der Waals surface area contributed by atoms with Crippen molar-refractivity contribution in [3.63, 3.8) is 0 Å². The Labute approximate surface area is 176 Å². The van der Waals surface area contributed by atoms with E-state index in [4.69, 9.17) is 0 Å². The van der Waals surface area contributed by atoms with Crippen LogP contribution in [-0.2, 0) is 12.9 Å². The molecule has 3 heterocycles. The third kappa shape index (κ3) is 3.93. The van der Waals surface area contributed by atoms with E-state index < -0.39 is 18.4 Å². The molecular formula is C23H18F4N4. The molecule has 0 aliphatic heterocycles. The van der Waals surface area contributed by atoms with Gasteiger partial charge in [0.25, 0.3) is 0 Å². The van der Waals surface area contributed by atoms with Crippen LogP contribution in [0.3, 0.4) is 0 Å². The number of rotatable bonds is 4. The summed E-state index contributed by atoms with van der Waals surface area (Å²) in [5, 5.41) is 1.94. The summed E-state index contributed by atoms with van der Waals surface area (Å²) < 4.78 is 52.1. The zero-order chi connectivity index (χ0) is 22.2. The Kier molecular flexibility index (Phi) is 5.31. The Morgan fingerprint density at radius 2 is 1.58 bits per heavy atom. The Balaban J connectivity index is 1.93. The Bertz CT molecular complexity index is 1220. The third-order valence-electron chi connectivity index (χ3n) is 5.13. The molecule has 4 aromatic rings. The smallest absolute Gasteiger partial charge is 0.279 e. The van der Waals surface area contributed by atoms with Crippen LogP contribution in [-0.4, -0.2) is 15.0 Å². The lowest BCUT2D eigenvalue weighted by Crippen LogP contribution is -2.16. The van der Waals surface area contributed by atoms with Crippen LogP contribution in [0.2, 0.25) is 0 Å². The molecule has 158 valence electrons. The maximum absolute atomic E-state index is 13.0. The van der Waals surface area contributed by atoms with Crippen LogP contribution < -0.4 is 4.90 Å². The van der Waals surface area contributed by atoms with Crippen molar-refractivity contribution >= 4 is 28.1 Å². The first kappa shape index (κ1) is 20.7. The van der Waals surface area contributed by atoms with Gasteiger partial charge in [0.1, 0.15) is 18.3 Å². The average molecular weight is 426 g/mol. The number of halogens is 4. The Morgan fingerprint density at radius 3 is 2.16 bits per heavy atom. The van der Waals surface area contributed by atoms with Gasteiger partial charge in [-0.1, -0.05) is 6.07 Å². The van der Waals surface area contributed by atoms with E-state index in [2.05, 4.69) is 15.0 Å². The highest BCUT2D eigenvalue weighted by molar-refractivity contribution is 5.94. The average Bonchev–Trinajstić information content (AvgIpc) is 2.77. The quantitative estimate of drug-likeness (QED) is 0.345. The van der Waals surface area contributed by atoms with Gasteiger partial charge in [-0.3, -0.25) is 9.88 Å². The van der Waals surface area contributed by atoms with Gasteiger partial charge in [0.05, 0.1) is 11.3 Å². The summed E-state index contributed by atoms with van der Waals surface area (Å²) in [5.74, 6) is 0.685. The molecule has 8 heteroatoms. The summed E-state index contributed by atoms with van der Waals surface area (Å²) in [7, 11) is 0. The lowest BCUT2D eigenvalue weighted by Gasteiger charge is -2.26. The molecule has 0 unspecified atom stereocenters. The summed E-state index contributed by atoms with van der Waals surface area (Å²) in [6, 6.07) is 9.31. The van der Waals surface area contributed by atoms with Crippen LogP contribution in [0.15, 0.2) is 61.2 Å². The molecule has 0 spiro atoms. The first-order chi connectivity index (χ1) is 14.8. The van der Waals surface area contributed by atoms with Gasteiger partial charge in [0, 0.05) is 35.7 Å². The number of hydrogen-bond donors (Lipinski definition) is 0. The minimum Gasteiger partial charge on any atom is -0.279 e. The van der Waals surface area contributed by atoms with E-state index in [1.165, 1.54) is 12.3 Å². The van der Waals surface area contributed by atoms with Crippen LogP contribution in [0, 0.1) is 13.8 Å². The molecule has 31 heavy (non-hydrogen) atoms. The number of anilines is 3. The lowest BCUT2D eigenvalue weighted by molar-refractivity contribution is -0.137.